The molecule has 0 unspecified atom stereocenters. The Hall–Kier alpha value is -5.92. The minimum absolute atomic E-state index is 0.921. The average Bonchev–Trinajstić information content (AvgIpc) is 3.49. The number of aryl methyl sites for hydroxylation is 1. The van der Waals surface area contributed by atoms with Crippen molar-refractivity contribution in [3.05, 3.63) is 174 Å². The zero-order chi connectivity index (χ0) is 30.9. The summed E-state index contributed by atoms with van der Waals surface area (Å²) >= 11 is 0. The first-order valence-corrected chi connectivity index (χ1v) is 16.5. The number of rotatable bonds is 3. The van der Waals surface area contributed by atoms with Gasteiger partial charge in [0.05, 0.1) is 0 Å². The van der Waals surface area contributed by atoms with Crippen LogP contribution in [-0.4, -0.2) is 0 Å². The summed E-state index contributed by atoms with van der Waals surface area (Å²) in [6, 6.07) is 55.4. The fourth-order valence-electron chi connectivity index (χ4n) is 7.92. The van der Waals surface area contributed by atoms with Crippen molar-refractivity contribution in [2.24, 2.45) is 0 Å². The summed E-state index contributed by atoms with van der Waals surface area (Å²) in [5.41, 5.74) is 12.3. The molecule has 47 heavy (non-hydrogen) atoms. The zero-order valence-electron chi connectivity index (χ0n) is 25.8. The quantitative estimate of drug-likeness (QED) is 0.184. The molecule has 1 heterocycles. The van der Waals surface area contributed by atoms with Crippen LogP contribution in [0.5, 0.6) is 0 Å². The van der Waals surface area contributed by atoms with Gasteiger partial charge >= 0.3 is 0 Å². The summed E-state index contributed by atoms with van der Waals surface area (Å²) in [6.45, 7) is 0. The van der Waals surface area contributed by atoms with Crippen molar-refractivity contribution >= 4 is 59.8 Å². The van der Waals surface area contributed by atoms with Gasteiger partial charge in [0.1, 0.15) is 11.2 Å². The summed E-state index contributed by atoms with van der Waals surface area (Å²) in [4.78, 5) is 0. The molecule has 0 saturated carbocycles. The van der Waals surface area contributed by atoms with Crippen molar-refractivity contribution in [2.75, 3.05) is 0 Å². The van der Waals surface area contributed by atoms with Crippen LogP contribution in [0.2, 0.25) is 0 Å². The normalized spacial score (nSPS) is 13.1. The van der Waals surface area contributed by atoms with Crippen LogP contribution in [0.4, 0.5) is 0 Å². The van der Waals surface area contributed by atoms with Crippen LogP contribution >= 0.6 is 0 Å². The van der Waals surface area contributed by atoms with Gasteiger partial charge in [-0.15, -0.1) is 0 Å². The van der Waals surface area contributed by atoms with E-state index in [4.69, 9.17) is 4.42 Å². The Kier molecular flexibility index (Phi) is 5.77. The van der Waals surface area contributed by atoms with Gasteiger partial charge in [0.2, 0.25) is 0 Å². The van der Waals surface area contributed by atoms with Crippen molar-refractivity contribution in [1.82, 2.24) is 0 Å². The number of hydrogen-bond donors (Lipinski definition) is 0. The lowest BCUT2D eigenvalue weighted by Gasteiger charge is -2.23. The molecule has 0 aliphatic heterocycles. The lowest BCUT2D eigenvalue weighted by molar-refractivity contribution is 0.669. The van der Waals surface area contributed by atoms with Crippen LogP contribution in [0.25, 0.3) is 82.1 Å². The Labute approximate surface area is 273 Å². The van der Waals surface area contributed by atoms with E-state index in [0.717, 1.165) is 34.8 Å². The third-order valence-electron chi connectivity index (χ3n) is 10.1. The predicted octanol–water partition coefficient (Wildman–Crippen LogP) is 12.8. The Morgan fingerprint density at radius 1 is 0.404 bits per heavy atom. The molecule has 8 aromatic carbocycles. The van der Waals surface area contributed by atoms with Crippen molar-refractivity contribution in [3.63, 3.8) is 0 Å². The van der Waals surface area contributed by atoms with E-state index < -0.39 is 0 Å². The molecule has 0 N–H and O–H groups in total. The highest BCUT2D eigenvalue weighted by Crippen LogP contribution is 2.45. The predicted molar refractivity (Wildman–Crippen MR) is 199 cm³/mol. The molecule has 220 valence electrons. The first kappa shape index (κ1) is 26.3. The van der Waals surface area contributed by atoms with Gasteiger partial charge in [0.25, 0.3) is 0 Å². The van der Waals surface area contributed by atoms with Crippen molar-refractivity contribution in [3.8, 4) is 22.3 Å². The van der Waals surface area contributed by atoms with Crippen LogP contribution < -0.4 is 0 Å². The molecular formula is C46H30O. The maximum absolute atomic E-state index is 6.28. The van der Waals surface area contributed by atoms with Gasteiger partial charge in [-0.2, -0.15) is 0 Å². The molecule has 0 amide bonds. The van der Waals surface area contributed by atoms with E-state index in [-0.39, 0.29) is 0 Å². The van der Waals surface area contributed by atoms with Crippen LogP contribution in [0.1, 0.15) is 23.1 Å². The Balaban J connectivity index is 1.13. The highest BCUT2D eigenvalue weighted by atomic mass is 16.3. The third-order valence-corrected chi connectivity index (χ3v) is 10.1. The minimum atomic E-state index is 0.921. The smallest absolute Gasteiger partial charge is 0.136 e. The summed E-state index contributed by atoms with van der Waals surface area (Å²) in [7, 11) is 0. The van der Waals surface area contributed by atoms with Crippen molar-refractivity contribution in [2.45, 2.75) is 12.8 Å². The Morgan fingerprint density at radius 3 is 1.72 bits per heavy atom. The van der Waals surface area contributed by atoms with Gasteiger partial charge in [0.15, 0.2) is 0 Å². The molecular weight excluding hydrogens is 569 g/mol. The Bertz CT molecular complexity index is 2660. The second-order valence-electron chi connectivity index (χ2n) is 12.7. The molecule has 1 nitrogen and oxygen atoms in total. The Morgan fingerprint density at radius 2 is 0.979 bits per heavy atom. The third kappa shape index (κ3) is 4.10. The maximum atomic E-state index is 6.28. The molecule has 1 aromatic heterocycles. The molecule has 10 rings (SSSR count). The second kappa shape index (κ2) is 10.3. The van der Waals surface area contributed by atoms with Crippen molar-refractivity contribution in [1.29, 1.82) is 0 Å². The maximum Gasteiger partial charge on any atom is 0.136 e. The monoisotopic (exact) mass is 598 g/mol. The molecule has 0 spiro atoms. The first-order valence-electron chi connectivity index (χ1n) is 16.5. The fraction of sp³-hybridized carbons (Fsp3) is 0.0435. The number of benzene rings is 8. The van der Waals surface area contributed by atoms with Gasteiger partial charge in [-0.1, -0.05) is 133 Å². The van der Waals surface area contributed by atoms with Gasteiger partial charge in [-0.3, -0.25) is 0 Å². The van der Waals surface area contributed by atoms with E-state index in [1.807, 2.05) is 0 Å². The van der Waals surface area contributed by atoms with Crippen LogP contribution in [-0.2, 0) is 6.42 Å². The first-order chi connectivity index (χ1) is 23.3. The molecule has 0 saturated heterocycles. The van der Waals surface area contributed by atoms with Gasteiger partial charge in [-0.05, 0) is 114 Å². The van der Waals surface area contributed by atoms with E-state index in [1.165, 1.54) is 76.8 Å². The SMILES string of the molecule is C1=C(c2c3ccccc3c(-c3ccc(-c4ccc5oc6cc7ccccc7cc6c5c4)cc3)c3ccccc23)c2ccccc2CC1. The molecule has 1 aliphatic rings. The van der Waals surface area contributed by atoms with E-state index in [2.05, 4.69) is 158 Å². The van der Waals surface area contributed by atoms with E-state index in [0.29, 0.717) is 0 Å². The van der Waals surface area contributed by atoms with Crippen LogP contribution in [0, 0.1) is 0 Å². The molecule has 9 aromatic rings. The summed E-state index contributed by atoms with van der Waals surface area (Å²) in [6.07, 6.45) is 4.61. The molecule has 1 aliphatic carbocycles. The number of allylic oxidation sites excluding steroid dienone is 1. The van der Waals surface area contributed by atoms with Crippen LogP contribution in [0.15, 0.2) is 162 Å². The fourth-order valence-corrected chi connectivity index (χ4v) is 7.92. The van der Waals surface area contributed by atoms with E-state index >= 15 is 0 Å². The highest BCUT2D eigenvalue weighted by molar-refractivity contribution is 6.20. The number of fused-ring (bicyclic) bond motifs is 7. The standard InChI is InChI=1S/C46H30O/c1-2-12-33-28-44-42(26-32(33)11-1)41-27-34(24-25-43(41)47-44)29-20-22-31(23-21-29)45-37-15-5-7-17-39(37)46(40-18-8-6-16-38(40)45)36-19-9-13-30-10-3-4-14-35(30)36/h1-8,10-12,14-28H,9,13H2. The lowest BCUT2D eigenvalue weighted by atomic mass is 9.80. The summed E-state index contributed by atoms with van der Waals surface area (Å²) < 4.78 is 6.28. The largest absolute Gasteiger partial charge is 0.456 e. The lowest BCUT2D eigenvalue weighted by Crippen LogP contribution is -2.02. The number of hydrogen-bond acceptors (Lipinski definition) is 1. The second-order valence-corrected chi connectivity index (χ2v) is 12.7. The summed E-state index contributed by atoms with van der Waals surface area (Å²) in [5, 5.41) is 9.92. The molecule has 1 heteroatoms. The van der Waals surface area contributed by atoms with E-state index in [1.54, 1.807) is 0 Å². The highest BCUT2D eigenvalue weighted by Gasteiger charge is 2.21. The van der Waals surface area contributed by atoms with Gasteiger partial charge in [0, 0.05) is 10.8 Å². The minimum Gasteiger partial charge on any atom is -0.456 e. The number of furan rings is 1. The van der Waals surface area contributed by atoms with Crippen molar-refractivity contribution < 1.29 is 4.42 Å². The summed E-state index contributed by atoms with van der Waals surface area (Å²) in [5.74, 6) is 0. The van der Waals surface area contributed by atoms with Gasteiger partial charge in [-0.25, -0.2) is 0 Å². The topological polar surface area (TPSA) is 13.1 Å². The average molecular weight is 599 g/mol. The molecule has 0 radical (unpaired) electrons. The molecule has 0 bridgehead atoms. The zero-order valence-corrected chi connectivity index (χ0v) is 25.8. The molecule has 0 fully saturated rings. The van der Waals surface area contributed by atoms with E-state index in [9.17, 15) is 0 Å². The molecule has 0 atom stereocenters. The van der Waals surface area contributed by atoms with Gasteiger partial charge < -0.3 is 4.42 Å². The van der Waals surface area contributed by atoms with Crippen LogP contribution in [0.3, 0.4) is 0 Å².